The Hall–Kier alpha value is -1.98. The molecule has 0 fully saturated rings. The first kappa shape index (κ1) is 14.0. The lowest BCUT2D eigenvalue weighted by Crippen LogP contribution is -2.09. The van der Waals surface area contributed by atoms with Gasteiger partial charge in [-0.05, 0) is 25.5 Å². The molecule has 108 valence electrons. The third kappa shape index (κ3) is 2.75. The van der Waals surface area contributed by atoms with Crippen LogP contribution in [0.2, 0.25) is 0 Å². The predicted molar refractivity (Wildman–Crippen MR) is 89.7 cm³/mol. The molecule has 3 rings (SSSR count). The van der Waals surface area contributed by atoms with E-state index in [4.69, 9.17) is 5.73 Å². The van der Waals surface area contributed by atoms with Gasteiger partial charge in [0.1, 0.15) is 17.0 Å². The van der Waals surface area contributed by atoms with Gasteiger partial charge in [0, 0.05) is 17.0 Å². The number of nitrogens with one attached hydrogen (secondary N) is 1. The Balaban J connectivity index is 2.13. The van der Waals surface area contributed by atoms with Crippen molar-refractivity contribution in [3.8, 4) is 11.1 Å². The summed E-state index contributed by atoms with van der Waals surface area (Å²) >= 11 is 1.71. The number of thiophene rings is 1. The lowest BCUT2D eigenvalue weighted by molar-refractivity contribution is 0.871. The van der Waals surface area contributed by atoms with E-state index in [-0.39, 0.29) is 0 Å². The van der Waals surface area contributed by atoms with Crippen molar-refractivity contribution >= 4 is 27.4 Å². The van der Waals surface area contributed by atoms with Crippen LogP contribution in [0.25, 0.3) is 21.3 Å². The molecule has 4 nitrogen and oxygen atoms in total. The second-order valence-corrected chi connectivity index (χ2v) is 6.07. The average Bonchev–Trinajstić information content (AvgIpc) is 2.85. The Labute approximate surface area is 128 Å². The molecule has 0 amide bonds. The monoisotopic (exact) mass is 298 g/mol. The molecule has 0 aliphatic heterocycles. The van der Waals surface area contributed by atoms with Crippen LogP contribution in [0.15, 0.2) is 36.7 Å². The van der Waals surface area contributed by atoms with Gasteiger partial charge in [0.05, 0.1) is 5.39 Å². The summed E-state index contributed by atoms with van der Waals surface area (Å²) in [6, 6.07) is 10.4. The topological polar surface area (TPSA) is 63.8 Å². The first-order chi connectivity index (χ1) is 10.3. The summed E-state index contributed by atoms with van der Waals surface area (Å²) in [7, 11) is 0. The number of rotatable bonds is 5. The lowest BCUT2D eigenvalue weighted by atomic mass is 10.0. The van der Waals surface area contributed by atoms with Crippen LogP contribution in [-0.4, -0.2) is 23.1 Å². The first-order valence-corrected chi connectivity index (χ1v) is 7.86. The molecule has 0 radical (unpaired) electrons. The van der Waals surface area contributed by atoms with Gasteiger partial charge in [-0.3, -0.25) is 0 Å². The fraction of sp³-hybridized carbons (Fsp3) is 0.250. The number of aromatic nitrogens is 2. The van der Waals surface area contributed by atoms with Crippen molar-refractivity contribution < 1.29 is 0 Å². The molecule has 1 aromatic carbocycles. The highest BCUT2D eigenvalue weighted by atomic mass is 32.1. The summed E-state index contributed by atoms with van der Waals surface area (Å²) < 4.78 is 0. The molecular weight excluding hydrogens is 280 g/mol. The van der Waals surface area contributed by atoms with E-state index in [0.717, 1.165) is 29.0 Å². The molecule has 2 heterocycles. The number of benzene rings is 1. The summed E-state index contributed by atoms with van der Waals surface area (Å²) in [4.78, 5) is 11.1. The van der Waals surface area contributed by atoms with Gasteiger partial charge in [0.2, 0.25) is 0 Å². The van der Waals surface area contributed by atoms with Crippen molar-refractivity contribution in [2.75, 3.05) is 18.4 Å². The quantitative estimate of drug-likeness (QED) is 0.708. The minimum absolute atomic E-state index is 0.676. The number of hydrogen-bond donors (Lipinski definition) is 2. The third-order valence-corrected chi connectivity index (χ3v) is 4.41. The van der Waals surface area contributed by atoms with Crippen molar-refractivity contribution in [2.24, 2.45) is 5.73 Å². The standard InChI is InChI=1S/C16H18N4S/c1-11-13(12-6-3-2-4-7-12)14-15(18-9-5-8-17)19-10-20-16(14)21-11/h2-4,6-7,10H,5,8-9,17H2,1H3,(H,18,19,20). The van der Waals surface area contributed by atoms with Gasteiger partial charge >= 0.3 is 0 Å². The fourth-order valence-electron chi connectivity index (χ4n) is 2.44. The highest BCUT2D eigenvalue weighted by Gasteiger charge is 2.16. The predicted octanol–water partition coefficient (Wildman–Crippen LogP) is 3.43. The number of hydrogen-bond acceptors (Lipinski definition) is 5. The molecule has 0 unspecified atom stereocenters. The van der Waals surface area contributed by atoms with E-state index in [1.807, 2.05) is 6.07 Å². The zero-order valence-corrected chi connectivity index (χ0v) is 12.8. The van der Waals surface area contributed by atoms with Crippen LogP contribution < -0.4 is 11.1 Å². The SMILES string of the molecule is Cc1sc2ncnc(NCCCN)c2c1-c1ccccc1. The molecule has 0 aliphatic carbocycles. The van der Waals surface area contributed by atoms with Crippen LogP contribution in [0, 0.1) is 6.92 Å². The molecule has 5 heteroatoms. The van der Waals surface area contributed by atoms with Crippen LogP contribution in [-0.2, 0) is 0 Å². The number of nitrogens with two attached hydrogens (primary N) is 1. The summed E-state index contributed by atoms with van der Waals surface area (Å²) in [6.07, 6.45) is 2.55. The Morgan fingerprint density at radius 3 is 2.76 bits per heavy atom. The van der Waals surface area contributed by atoms with E-state index < -0.39 is 0 Å². The van der Waals surface area contributed by atoms with E-state index in [2.05, 4.69) is 46.5 Å². The maximum Gasteiger partial charge on any atom is 0.138 e. The molecule has 2 aromatic heterocycles. The molecule has 0 bridgehead atoms. The van der Waals surface area contributed by atoms with Gasteiger partial charge in [0.25, 0.3) is 0 Å². The molecule has 0 atom stereocenters. The van der Waals surface area contributed by atoms with E-state index >= 15 is 0 Å². The second kappa shape index (κ2) is 6.20. The van der Waals surface area contributed by atoms with Crippen LogP contribution in [0.5, 0.6) is 0 Å². The normalized spacial score (nSPS) is 11.0. The smallest absolute Gasteiger partial charge is 0.138 e. The molecule has 0 spiro atoms. The molecular formula is C16H18N4S. The fourth-order valence-corrected chi connectivity index (χ4v) is 3.45. The minimum atomic E-state index is 0.676. The van der Waals surface area contributed by atoms with Crippen LogP contribution in [0.1, 0.15) is 11.3 Å². The van der Waals surface area contributed by atoms with E-state index in [9.17, 15) is 0 Å². The van der Waals surface area contributed by atoms with E-state index in [0.29, 0.717) is 6.54 Å². The maximum absolute atomic E-state index is 5.56. The second-order valence-electron chi connectivity index (χ2n) is 4.87. The Kier molecular flexibility index (Phi) is 4.13. The van der Waals surface area contributed by atoms with Crippen LogP contribution in [0.4, 0.5) is 5.82 Å². The van der Waals surface area contributed by atoms with Gasteiger partial charge in [0.15, 0.2) is 0 Å². The molecule has 3 aromatic rings. The summed E-state index contributed by atoms with van der Waals surface area (Å²) in [5.74, 6) is 0.900. The average molecular weight is 298 g/mol. The number of aryl methyl sites for hydroxylation is 1. The molecule has 0 aliphatic rings. The van der Waals surface area contributed by atoms with Gasteiger partial charge in [-0.2, -0.15) is 0 Å². The summed E-state index contributed by atoms with van der Waals surface area (Å²) in [5, 5.41) is 4.50. The Morgan fingerprint density at radius 2 is 2.00 bits per heavy atom. The zero-order valence-electron chi connectivity index (χ0n) is 12.0. The van der Waals surface area contributed by atoms with Gasteiger partial charge in [-0.1, -0.05) is 30.3 Å². The highest BCUT2D eigenvalue weighted by molar-refractivity contribution is 7.19. The third-order valence-electron chi connectivity index (χ3n) is 3.40. The van der Waals surface area contributed by atoms with Crippen molar-refractivity contribution in [3.05, 3.63) is 41.5 Å². The highest BCUT2D eigenvalue weighted by Crippen LogP contribution is 2.40. The van der Waals surface area contributed by atoms with Crippen molar-refractivity contribution in [2.45, 2.75) is 13.3 Å². The van der Waals surface area contributed by atoms with Crippen LogP contribution in [0.3, 0.4) is 0 Å². The maximum atomic E-state index is 5.56. The van der Waals surface area contributed by atoms with Crippen molar-refractivity contribution in [1.29, 1.82) is 0 Å². The summed E-state index contributed by atoms with van der Waals surface area (Å²) in [5.41, 5.74) is 7.99. The number of nitrogens with zero attached hydrogens (tertiary/aromatic N) is 2. The minimum Gasteiger partial charge on any atom is -0.369 e. The van der Waals surface area contributed by atoms with Crippen LogP contribution >= 0.6 is 11.3 Å². The molecule has 21 heavy (non-hydrogen) atoms. The van der Waals surface area contributed by atoms with Gasteiger partial charge < -0.3 is 11.1 Å². The lowest BCUT2D eigenvalue weighted by Gasteiger charge is -2.08. The molecule has 0 saturated heterocycles. The van der Waals surface area contributed by atoms with Crippen molar-refractivity contribution in [3.63, 3.8) is 0 Å². The van der Waals surface area contributed by atoms with Gasteiger partial charge in [-0.25, -0.2) is 9.97 Å². The number of anilines is 1. The Morgan fingerprint density at radius 1 is 1.19 bits per heavy atom. The largest absolute Gasteiger partial charge is 0.369 e. The first-order valence-electron chi connectivity index (χ1n) is 7.04. The van der Waals surface area contributed by atoms with E-state index in [1.54, 1.807) is 17.7 Å². The van der Waals surface area contributed by atoms with E-state index in [1.165, 1.54) is 16.0 Å². The molecule has 0 saturated carbocycles. The Bertz CT molecular complexity index is 737. The van der Waals surface area contributed by atoms with Gasteiger partial charge in [-0.15, -0.1) is 11.3 Å². The van der Waals surface area contributed by atoms with Crippen molar-refractivity contribution in [1.82, 2.24) is 9.97 Å². The zero-order chi connectivity index (χ0) is 14.7. The number of fused-ring (bicyclic) bond motifs is 1. The summed E-state index contributed by atoms with van der Waals surface area (Å²) in [6.45, 7) is 3.64. The molecule has 3 N–H and O–H groups in total.